The van der Waals surface area contributed by atoms with Gasteiger partial charge in [0.2, 0.25) is 12.0 Å². The monoisotopic (exact) mass is 424 g/mol. The van der Waals surface area contributed by atoms with Crippen molar-refractivity contribution in [1.29, 1.82) is 0 Å². The van der Waals surface area contributed by atoms with Crippen LogP contribution in [0.1, 0.15) is 0 Å². The first-order chi connectivity index (χ1) is 10.7. The Morgan fingerprint density at radius 2 is 1.08 bits per heavy atom. The molecule has 1 atom stereocenters. The molecular formula is C9HF12NaO4. The van der Waals surface area contributed by atoms with E-state index in [1.165, 1.54) is 0 Å². The summed E-state index contributed by atoms with van der Waals surface area (Å²) in [5.41, 5.74) is 0. The van der Waals surface area contributed by atoms with Crippen LogP contribution in [0.15, 0.2) is 0 Å². The molecule has 0 fully saturated rings. The minimum Gasteiger partial charge on any atom is -0.544 e. The Labute approximate surface area is 155 Å². The molecule has 0 aromatic rings. The van der Waals surface area contributed by atoms with Gasteiger partial charge >= 0.3 is 65.2 Å². The van der Waals surface area contributed by atoms with E-state index in [0.717, 1.165) is 0 Å². The SMILES string of the molecule is O=C([O-])C(F)(F)C(F)C(=O)C(F)(F)C(F)(F)C(F)(F)C(=O)C(F)(F)F.[Na+]. The van der Waals surface area contributed by atoms with Crippen molar-refractivity contribution in [3.05, 3.63) is 0 Å². The van der Waals surface area contributed by atoms with Crippen molar-refractivity contribution in [2.24, 2.45) is 0 Å². The van der Waals surface area contributed by atoms with Crippen LogP contribution in [-0.2, 0) is 14.4 Å². The average Bonchev–Trinajstić information content (AvgIpc) is 2.42. The summed E-state index contributed by atoms with van der Waals surface area (Å²) in [5, 5.41) is 9.74. The summed E-state index contributed by atoms with van der Waals surface area (Å²) in [4.78, 5) is 30.5. The smallest absolute Gasteiger partial charge is 0.544 e. The van der Waals surface area contributed by atoms with Crippen LogP contribution in [0, 0.1) is 0 Å². The number of aliphatic carboxylic acids is 1. The second-order valence-electron chi connectivity index (χ2n) is 4.19. The average molecular weight is 424 g/mol. The molecule has 17 heteroatoms. The number of hydrogen-bond donors (Lipinski definition) is 0. The van der Waals surface area contributed by atoms with Crippen molar-refractivity contribution in [3.8, 4) is 0 Å². The number of halogens is 12. The third-order valence-electron chi connectivity index (χ3n) is 2.46. The molecule has 0 rings (SSSR count). The fraction of sp³-hybridized carbons (Fsp3) is 0.667. The fourth-order valence-electron chi connectivity index (χ4n) is 1.10. The topological polar surface area (TPSA) is 74.3 Å². The molecule has 26 heavy (non-hydrogen) atoms. The van der Waals surface area contributed by atoms with Gasteiger partial charge in [0.25, 0.3) is 0 Å². The number of rotatable bonds is 7. The standard InChI is InChI=1S/C9H2F12O4.Na/c10-1(5(11,12)4(24)25)2(22)6(13,14)9(20,21)7(15,16)3(23)8(17,18)19;/h1H,(H,24,25);/q;+1/p-1. The number of Topliss-reactive ketones (excluding diaryl/α,β-unsaturated/α-hetero) is 2. The van der Waals surface area contributed by atoms with Gasteiger partial charge in [0.1, 0.15) is 5.97 Å². The normalized spacial score (nSPS) is 15.1. The van der Waals surface area contributed by atoms with Gasteiger partial charge in [-0.15, -0.1) is 0 Å². The molecule has 0 aliphatic heterocycles. The van der Waals surface area contributed by atoms with E-state index < -0.39 is 53.6 Å². The largest absolute Gasteiger partial charge is 1.00 e. The van der Waals surface area contributed by atoms with Gasteiger partial charge in [-0.2, -0.15) is 48.3 Å². The van der Waals surface area contributed by atoms with Crippen LogP contribution in [-0.4, -0.2) is 53.6 Å². The van der Waals surface area contributed by atoms with Gasteiger partial charge in [0.05, 0.1) is 0 Å². The predicted octanol–water partition coefficient (Wildman–Crippen LogP) is -1.68. The molecule has 0 saturated carbocycles. The number of carbonyl (C=O) groups is 3. The van der Waals surface area contributed by atoms with Crippen LogP contribution in [0.4, 0.5) is 52.7 Å². The van der Waals surface area contributed by atoms with Crippen LogP contribution in [0.2, 0.25) is 0 Å². The van der Waals surface area contributed by atoms with Crippen LogP contribution < -0.4 is 34.7 Å². The molecule has 0 aliphatic rings. The number of carbonyl (C=O) groups excluding carboxylic acids is 3. The molecule has 0 saturated heterocycles. The maximum Gasteiger partial charge on any atom is 1.00 e. The van der Waals surface area contributed by atoms with Crippen molar-refractivity contribution in [2.75, 3.05) is 0 Å². The van der Waals surface area contributed by atoms with Gasteiger partial charge < -0.3 is 9.90 Å². The summed E-state index contributed by atoms with van der Waals surface area (Å²) in [5.74, 6) is -41.8. The van der Waals surface area contributed by atoms with E-state index >= 15 is 0 Å². The van der Waals surface area contributed by atoms with E-state index in [4.69, 9.17) is 0 Å². The maximum absolute atomic E-state index is 13.0. The Balaban J connectivity index is 0. The van der Waals surface area contributed by atoms with Crippen molar-refractivity contribution < 1.29 is 102 Å². The Morgan fingerprint density at radius 3 is 1.35 bits per heavy atom. The van der Waals surface area contributed by atoms with Gasteiger partial charge in [-0.05, 0) is 0 Å². The van der Waals surface area contributed by atoms with Crippen molar-refractivity contribution in [2.45, 2.75) is 36.0 Å². The van der Waals surface area contributed by atoms with Crippen LogP contribution in [0.3, 0.4) is 0 Å². The number of ketones is 2. The predicted molar refractivity (Wildman–Crippen MR) is 45.8 cm³/mol. The van der Waals surface area contributed by atoms with E-state index in [0.29, 0.717) is 0 Å². The molecule has 0 radical (unpaired) electrons. The van der Waals surface area contributed by atoms with Crippen molar-refractivity contribution in [3.63, 3.8) is 0 Å². The molecule has 0 spiro atoms. The Hall–Kier alpha value is -1.03. The Bertz CT molecular complexity index is 584. The second-order valence-corrected chi connectivity index (χ2v) is 4.19. The number of hydrogen-bond acceptors (Lipinski definition) is 4. The summed E-state index contributed by atoms with van der Waals surface area (Å²) in [6.07, 6.45) is -12.2. The molecule has 0 aromatic heterocycles. The molecule has 1 unspecified atom stereocenters. The van der Waals surface area contributed by atoms with Crippen LogP contribution >= 0.6 is 0 Å². The quantitative estimate of drug-likeness (QED) is 0.362. The number of alkyl halides is 12. The van der Waals surface area contributed by atoms with Crippen molar-refractivity contribution >= 4 is 17.5 Å². The maximum atomic E-state index is 13.0. The van der Waals surface area contributed by atoms with Crippen LogP contribution in [0.25, 0.3) is 0 Å². The van der Waals surface area contributed by atoms with Gasteiger partial charge in [-0.1, -0.05) is 0 Å². The first-order valence-electron chi connectivity index (χ1n) is 5.19. The molecule has 0 heterocycles. The molecule has 0 aromatic carbocycles. The first-order valence-corrected chi connectivity index (χ1v) is 5.19. The van der Waals surface area contributed by atoms with E-state index in [-0.39, 0.29) is 29.6 Å². The van der Waals surface area contributed by atoms with Gasteiger partial charge in [0.15, 0.2) is 0 Å². The summed E-state index contributed by atoms with van der Waals surface area (Å²) in [7, 11) is 0. The van der Waals surface area contributed by atoms with E-state index in [2.05, 4.69) is 0 Å². The summed E-state index contributed by atoms with van der Waals surface area (Å²) in [6, 6.07) is 0. The molecule has 0 N–H and O–H groups in total. The zero-order valence-electron chi connectivity index (χ0n) is 11.7. The number of carboxylic acid groups (broad SMARTS) is 1. The van der Waals surface area contributed by atoms with Gasteiger partial charge in [-0.3, -0.25) is 9.59 Å². The molecule has 146 valence electrons. The summed E-state index contributed by atoms with van der Waals surface area (Å²) in [6.45, 7) is 0. The van der Waals surface area contributed by atoms with E-state index in [1.54, 1.807) is 0 Å². The molecule has 0 bridgehead atoms. The van der Waals surface area contributed by atoms with E-state index in [9.17, 15) is 72.2 Å². The summed E-state index contributed by atoms with van der Waals surface area (Å²) >= 11 is 0. The molecule has 4 nitrogen and oxygen atoms in total. The fourth-order valence-corrected chi connectivity index (χ4v) is 1.10. The van der Waals surface area contributed by atoms with Crippen LogP contribution in [0.5, 0.6) is 0 Å². The van der Waals surface area contributed by atoms with Gasteiger partial charge in [0, 0.05) is 0 Å². The zero-order chi connectivity index (χ0) is 20.8. The third kappa shape index (κ3) is 4.27. The third-order valence-corrected chi connectivity index (χ3v) is 2.46. The zero-order valence-corrected chi connectivity index (χ0v) is 13.7. The molecular weight excluding hydrogens is 423 g/mol. The second kappa shape index (κ2) is 7.53. The Kier molecular flexibility index (Phi) is 7.88. The first kappa shape index (κ1) is 27.2. The molecule has 0 aliphatic carbocycles. The molecule has 0 amide bonds. The van der Waals surface area contributed by atoms with Gasteiger partial charge in [-0.25, -0.2) is 4.39 Å². The van der Waals surface area contributed by atoms with E-state index in [1.807, 2.05) is 0 Å². The minimum atomic E-state index is -7.64. The number of carboxylic acids is 1. The minimum absolute atomic E-state index is 0. The summed E-state index contributed by atoms with van der Waals surface area (Å²) < 4.78 is 150. The van der Waals surface area contributed by atoms with Crippen molar-refractivity contribution in [1.82, 2.24) is 0 Å². The Morgan fingerprint density at radius 1 is 0.731 bits per heavy atom.